The van der Waals surface area contributed by atoms with Gasteiger partial charge in [0.1, 0.15) is 5.82 Å². The number of nitriles is 1. The largest absolute Gasteiger partial charge is 0.463 e. The molecule has 0 bridgehead atoms. The number of hydrogen-bond acceptors (Lipinski definition) is 8. The number of hydrogen-bond donors (Lipinski definition) is 0. The molecule has 9 nitrogen and oxygen atoms in total. The maximum Gasteiger partial charge on any atom is 0.318 e. The molecule has 1 saturated heterocycles. The second-order valence-corrected chi connectivity index (χ2v) is 13.2. The Morgan fingerprint density at radius 2 is 2.00 bits per heavy atom. The van der Waals surface area contributed by atoms with E-state index < -0.39 is 0 Å². The molecule has 1 saturated carbocycles. The van der Waals surface area contributed by atoms with E-state index in [0.29, 0.717) is 38.8 Å². The number of piperazine rings is 1. The Labute approximate surface area is 264 Å². The lowest BCUT2D eigenvalue weighted by atomic mass is 9.96. The lowest BCUT2D eigenvalue weighted by Gasteiger charge is -2.43. The van der Waals surface area contributed by atoms with Gasteiger partial charge in [-0.2, -0.15) is 15.2 Å². The van der Waals surface area contributed by atoms with Crippen molar-refractivity contribution in [3.8, 4) is 12.1 Å². The average molecular weight is 614 g/mol. The Morgan fingerprint density at radius 3 is 2.70 bits per heavy atom. The van der Waals surface area contributed by atoms with E-state index in [9.17, 15) is 10.1 Å². The fourth-order valence-electron chi connectivity index (χ4n) is 6.87. The number of aromatic nitrogens is 2. The minimum absolute atomic E-state index is 0.137. The van der Waals surface area contributed by atoms with Gasteiger partial charge >= 0.3 is 6.01 Å². The molecule has 0 N–H and O–H groups in total. The maximum atomic E-state index is 12.6. The molecule has 0 spiro atoms. The van der Waals surface area contributed by atoms with E-state index in [0.717, 1.165) is 64.4 Å². The number of carbonyl (C=O) groups excluding carboxylic acids is 1. The van der Waals surface area contributed by atoms with Gasteiger partial charge in [0, 0.05) is 54.3 Å². The van der Waals surface area contributed by atoms with E-state index in [-0.39, 0.29) is 29.8 Å². The number of fused-ring (bicyclic) bond motifs is 2. The first-order chi connectivity index (χ1) is 21.2. The van der Waals surface area contributed by atoms with Crippen molar-refractivity contribution >= 4 is 39.8 Å². The normalized spacial score (nSPS) is 20.8. The van der Waals surface area contributed by atoms with Crippen molar-refractivity contribution in [2.24, 2.45) is 5.41 Å². The summed E-state index contributed by atoms with van der Waals surface area (Å²) in [5, 5.41) is 12.4. The van der Waals surface area contributed by atoms with Crippen LogP contribution in [0.2, 0.25) is 5.02 Å². The molecule has 10 heteroatoms. The third kappa shape index (κ3) is 5.93. The lowest BCUT2D eigenvalue weighted by Crippen LogP contribution is -2.55. The van der Waals surface area contributed by atoms with Gasteiger partial charge in [0.05, 0.1) is 42.4 Å². The van der Waals surface area contributed by atoms with E-state index >= 15 is 0 Å². The molecule has 3 heterocycles. The molecule has 2 aromatic carbocycles. The zero-order valence-electron chi connectivity index (χ0n) is 25.8. The van der Waals surface area contributed by atoms with Gasteiger partial charge < -0.3 is 24.3 Å². The second kappa shape index (κ2) is 12.3. The minimum atomic E-state index is -0.251. The van der Waals surface area contributed by atoms with Crippen LogP contribution in [0.1, 0.15) is 37.4 Å². The molecule has 3 aliphatic rings. The summed E-state index contributed by atoms with van der Waals surface area (Å²) in [7, 11) is 4.19. The SMILES string of the molecule is C=CC(=O)N1CCN(c2nc(OCC3(CN(C)C)CC3)nc3c2C[C@@H](C)N(c2cccc4cccc(Cl)c24)C3)CC1CC#N. The Balaban J connectivity index is 1.37. The third-order valence-corrected chi connectivity index (χ3v) is 9.54. The molecule has 230 valence electrons. The van der Waals surface area contributed by atoms with Gasteiger partial charge in [-0.05, 0) is 63.9 Å². The third-order valence-electron chi connectivity index (χ3n) is 9.23. The van der Waals surface area contributed by atoms with E-state index in [2.05, 4.69) is 72.6 Å². The number of nitrogens with zero attached hydrogens (tertiary/aromatic N) is 7. The van der Waals surface area contributed by atoms with Crippen molar-refractivity contribution in [2.45, 2.75) is 51.2 Å². The molecule has 1 unspecified atom stereocenters. The number of rotatable bonds is 9. The number of carbonyl (C=O) groups is 1. The summed E-state index contributed by atoms with van der Waals surface area (Å²) in [5.41, 5.74) is 3.26. The fourth-order valence-corrected chi connectivity index (χ4v) is 7.15. The van der Waals surface area contributed by atoms with Gasteiger partial charge in [-0.3, -0.25) is 4.79 Å². The molecule has 1 aromatic heterocycles. The predicted molar refractivity (Wildman–Crippen MR) is 174 cm³/mol. The second-order valence-electron chi connectivity index (χ2n) is 12.8. The quantitative estimate of drug-likeness (QED) is 0.309. The number of anilines is 2. The van der Waals surface area contributed by atoms with Crippen molar-refractivity contribution < 1.29 is 9.53 Å². The van der Waals surface area contributed by atoms with Crippen molar-refractivity contribution in [1.82, 2.24) is 19.8 Å². The molecule has 1 amide bonds. The Kier molecular flexibility index (Phi) is 8.40. The van der Waals surface area contributed by atoms with Crippen LogP contribution in [0.3, 0.4) is 0 Å². The molecule has 6 rings (SSSR count). The highest BCUT2D eigenvalue weighted by Crippen LogP contribution is 2.46. The van der Waals surface area contributed by atoms with E-state index in [4.69, 9.17) is 26.3 Å². The van der Waals surface area contributed by atoms with Gasteiger partial charge in [0.25, 0.3) is 0 Å². The molecule has 2 atom stereocenters. The van der Waals surface area contributed by atoms with Crippen LogP contribution in [0.15, 0.2) is 49.1 Å². The first-order valence-corrected chi connectivity index (χ1v) is 15.8. The van der Waals surface area contributed by atoms with Crippen LogP contribution in [-0.4, -0.2) is 84.6 Å². The zero-order chi connectivity index (χ0) is 31.0. The number of amides is 1. The van der Waals surface area contributed by atoms with Gasteiger partial charge in [0.15, 0.2) is 0 Å². The van der Waals surface area contributed by atoms with Crippen molar-refractivity contribution in [3.05, 3.63) is 65.3 Å². The van der Waals surface area contributed by atoms with E-state index in [1.807, 2.05) is 12.1 Å². The van der Waals surface area contributed by atoms with Crippen LogP contribution in [0.25, 0.3) is 10.8 Å². The Bertz CT molecular complexity index is 1610. The molecule has 2 aliphatic heterocycles. The van der Waals surface area contributed by atoms with E-state index in [1.54, 1.807) is 4.90 Å². The Hall–Kier alpha value is -3.87. The summed E-state index contributed by atoms with van der Waals surface area (Å²) in [6.07, 6.45) is 4.57. The minimum Gasteiger partial charge on any atom is -0.463 e. The van der Waals surface area contributed by atoms with Crippen molar-refractivity contribution in [1.29, 1.82) is 5.26 Å². The number of benzene rings is 2. The highest BCUT2D eigenvalue weighted by molar-refractivity contribution is 6.36. The van der Waals surface area contributed by atoms with Crippen LogP contribution in [0.4, 0.5) is 11.5 Å². The van der Waals surface area contributed by atoms with Crippen LogP contribution in [0, 0.1) is 16.7 Å². The first kappa shape index (κ1) is 30.2. The molecular weight excluding hydrogens is 574 g/mol. The van der Waals surface area contributed by atoms with Crippen LogP contribution in [-0.2, 0) is 17.8 Å². The molecule has 44 heavy (non-hydrogen) atoms. The fraction of sp³-hybridized carbons (Fsp3) is 0.471. The van der Waals surface area contributed by atoms with Gasteiger partial charge in [0.2, 0.25) is 5.91 Å². The summed E-state index contributed by atoms with van der Waals surface area (Å²) in [6, 6.07) is 14.9. The molecule has 0 radical (unpaired) electrons. The Morgan fingerprint density at radius 1 is 1.23 bits per heavy atom. The molecule has 1 aliphatic carbocycles. The van der Waals surface area contributed by atoms with Crippen LogP contribution < -0.4 is 14.5 Å². The topological polar surface area (TPSA) is 88.8 Å². The van der Waals surface area contributed by atoms with Crippen LogP contribution >= 0.6 is 11.6 Å². The highest BCUT2D eigenvalue weighted by atomic mass is 35.5. The summed E-state index contributed by atoms with van der Waals surface area (Å²) in [5.74, 6) is 0.700. The summed E-state index contributed by atoms with van der Waals surface area (Å²) < 4.78 is 6.39. The first-order valence-electron chi connectivity index (χ1n) is 15.4. The van der Waals surface area contributed by atoms with Crippen LogP contribution in [0.5, 0.6) is 6.01 Å². The predicted octanol–water partition coefficient (Wildman–Crippen LogP) is 5.07. The lowest BCUT2D eigenvalue weighted by molar-refractivity contribution is -0.128. The van der Waals surface area contributed by atoms with Gasteiger partial charge in [-0.1, -0.05) is 42.4 Å². The number of halogens is 1. The smallest absolute Gasteiger partial charge is 0.318 e. The average Bonchev–Trinajstić information content (AvgIpc) is 3.77. The van der Waals surface area contributed by atoms with Gasteiger partial charge in [-0.25, -0.2) is 0 Å². The molecule has 2 fully saturated rings. The highest BCUT2D eigenvalue weighted by Gasteiger charge is 2.44. The standard InChI is InChI=1S/C34H40ClN7O2/c1-5-30(43)41-17-16-40(19-25(41)12-15-36)32-26-18-23(2)42(29-11-7-9-24-8-6-10-27(35)31(24)29)20-28(26)37-33(38-32)44-22-34(13-14-34)21-39(3)4/h5-11,23,25H,1,12-14,16-22H2,2-4H3/t23-,25?/m1/s1. The van der Waals surface area contributed by atoms with Crippen molar-refractivity contribution in [3.63, 3.8) is 0 Å². The van der Waals surface area contributed by atoms with Gasteiger partial charge in [-0.15, -0.1) is 0 Å². The molecule has 3 aromatic rings. The number of ether oxygens (including phenoxy) is 1. The summed E-state index contributed by atoms with van der Waals surface area (Å²) in [4.78, 5) is 31.2. The summed E-state index contributed by atoms with van der Waals surface area (Å²) in [6.45, 7) is 9.62. The zero-order valence-corrected chi connectivity index (χ0v) is 26.6. The summed E-state index contributed by atoms with van der Waals surface area (Å²) >= 11 is 6.75. The van der Waals surface area contributed by atoms with E-state index in [1.165, 1.54) is 6.08 Å². The maximum absolute atomic E-state index is 12.6. The molecular formula is C34H40ClN7O2. The monoisotopic (exact) mass is 613 g/mol. The van der Waals surface area contributed by atoms with Crippen molar-refractivity contribution in [2.75, 3.05) is 56.7 Å².